The summed E-state index contributed by atoms with van der Waals surface area (Å²) < 4.78 is 20.8. The number of nitrogens with one attached hydrogen (secondary N) is 1. The molecule has 2 aromatic carbocycles. The maximum absolute atomic E-state index is 11.9. The van der Waals surface area contributed by atoms with Crippen LogP contribution >= 0.6 is 0 Å². The monoisotopic (exact) mass is 359 g/mol. The number of methoxy groups -OCH3 is 1. The van der Waals surface area contributed by atoms with Crippen LogP contribution in [0.2, 0.25) is 0 Å². The first-order valence-electron chi connectivity index (χ1n) is 8.07. The molecule has 0 unspecified atom stereocenters. The third-order valence-electron chi connectivity index (χ3n) is 3.24. The van der Waals surface area contributed by atoms with Crippen LogP contribution in [0.15, 0.2) is 48.5 Å². The third-order valence-corrected chi connectivity index (χ3v) is 3.24. The molecule has 7 heteroatoms. The minimum absolute atomic E-state index is 0.330. The first-order valence-corrected chi connectivity index (χ1v) is 8.07. The predicted molar refractivity (Wildman–Crippen MR) is 95.7 cm³/mol. The molecule has 0 saturated carbocycles. The summed E-state index contributed by atoms with van der Waals surface area (Å²) in [5.74, 6) is 0.341. The highest BCUT2D eigenvalue weighted by Crippen LogP contribution is 2.25. The van der Waals surface area contributed by atoms with Gasteiger partial charge in [-0.1, -0.05) is 24.3 Å². The fraction of sp³-hybridized carbons (Fsp3) is 0.263. The Bertz CT molecular complexity index is 746. The second-order valence-corrected chi connectivity index (χ2v) is 5.08. The van der Waals surface area contributed by atoms with Gasteiger partial charge in [-0.15, -0.1) is 0 Å². The number of amides is 1. The zero-order valence-corrected chi connectivity index (χ0v) is 14.7. The molecule has 0 aromatic heterocycles. The van der Waals surface area contributed by atoms with Gasteiger partial charge in [0.25, 0.3) is 5.91 Å². The molecule has 1 N–H and O–H groups in total. The van der Waals surface area contributed by atoms with Gasteiger partial charge in [0.15, 0.2) is 24.7 Å². The first kappa shape index (κ1) is 19.1. The van der Waals surface area contributed by atoms with Crippen LogP contribution in [0.25, 0.3) is 0 Å². The molecule has 1 amide bonds. The smallest absolute Gasteiger partial charge is 0.344 e. The van der Waals surface area contributed by atoms with Crippen molar-refractivity contribution < 1.29 is 28.5 Å². The Balaban J connectivity index is 1.79. The van der Waals surface area contributed by atoms with Crippen LogP contribution < -0.4 is 19.5 Å². The summed E-state index contributed by atoms with van der Waals surface area (Å²) in [6.07, 6.45) is 0. The number of hydrogen-bond donors (Lipinski definition) is 1. The number of para-hydroxylation sites is 4. The van der Waals surface area contributed by atoms with Gasteiger partial charge in [0.1, 0.15) is 5.75 Å². The van der Waals surface area contributed by atoms with E-state index in [9.17, 15) is 9.59 Å². The fourth-order valence-electron chi connectivity index (χ4n) is 2.10. The number of anilines is 1. The minimum atomic E-state index is -0.663. The number of hydrogen-bond acceptors (Lipinski definition) is 6. The number of ether oxygens (including phenoxy) is 4. The second-order valence-electron chi connectivity index (χ2n) is 5.08. The highest BCUT2D eigenvalue weighted by atomic mass is 16.6. The van der Waals surface area contributed by atoms with E-state index in [1.807, 2.05) is 6.92 Å². The fourth-order valence-corrected chi connectivity index (χ4v) is 2.10. The molecule has 7 nitrogen and oxygen atoms in total. The molecule has 0 radical (unpaired) electrons. The van der Waals surface area contributed by atoms with Gasteiger partial charge in [0, 0.05) is 0 Å². The van der Waals surface area contributed by atoms with Gasteiger partial charge >= 0.3 is 5.97 Å². The molecule has 0 atom stereocenters. The number of carbonyl (C=O) groups excluding carboxylic acids is 2. The van der Waals surface area contributed by atoms with Gasteiger partial charge in [0.2, 0.25) is 0 Å². The molecule has 2 aromatic rings. The first-order chi connectivity index (χ1) is 12.6. The average molecular weight is 359 g/mol. The Labute approximate surface area is 151 Å². The maximum atomic E-state index is 11.9. The van der Waals surface area contributed by atoms with E-state index < -0.39 is 18.5 Å². The lowest BCUT2D eigenvalue weighted by atomic mass is 10.3. The zero-order chi connectivity index (χ0) is 18.8. The number of carbonyl (C=O) groups is 2. The van der Waals surface area contributed by atoms with E-state index in [0.29, 0.717) is 29.5 Å². The molecule has 0 heterocycles. The zero-order valence-electron chi connectivity index (χ0n) is 14.7. The average Bonchev–Trinajstić information content (AvgIpc) is 2.66. The van der Waals surface area contributed by atoms with Crippen LogP contribution in [0.4, 0.5) is 5.69 Å². The number of benzene rings is 2. The summed E-state index contributed by atoms with van der Waals surface area (Å²) in [5, 5.41) is 2.64. The van der Waals surface area contributed by atoms with Crippen LogP contribution in [0.1, 0.15) is 6.92 Å². The molecule has 26 heavy (non-hydrogen) atoms. The lowest BCUT2D eigenvalue weighted by Gasteiger charge is -2.12. The Morgan fingerprint density at radius 3 is 2.23 bits per heavy atom. The Hall–Kier alpha value is -3.22. The van der Waals surface area contributed by atoms with Crippen molar-refractivity contribution in [3.63, 3.8) is 0 Å². The van der Waals surface area contributed by atoms with Crippen LogP contribution in [0.3, 0.4) is 0 Å². The van der Waals surface area contributed by atoms with Crippen LogP contribution in [0.5, 0.6) is 17.2 Å². The molecule has 0 aliphatic heterocycles. The van der Waals surface area contributed by atoms with Crippen LogP contribution in [0, 0.1) is 0 Å². The number of rotatable bonds is 9. The normalized spacial score (nSPS) is 9.92. The summed E-state index contributed by atoms with van der Waals surface area (Å²) in [4.78, 5) is 23.7. The Morgan fingerprint density at radius 2 is 1.54 bits per heavy atom. The molecule has 0 aliphatic rings. The molecule has 138 valence electrons. The lowest BCUT2D eigenvalue weighted by molar-refractivity contribution is -0.149. The molecular weight excluding hydrogens is 338 g/mol. The SMILES string of the molecule is CCOc1ccccc1NC(=O)COC(=O)COc1ccccc1OC. The lowest BCUT2D eigenvalue weighted by Crippen LogP contribution is -2.24. The van der Waals surface area contributed by atoms with Crippen molar-refractivity contribution >= 4 is 17.6 Å². The Kier molecular flexibility index (Phi) is 7.30. The standard InChI is InChI=1S/C19H21NO6/c1-3-24-15-9-5-4-8-14(15)20-18(21)12-26-19(22)13-25-17-11-7-6-10-16(17)23-2/h4-11H,3,12-13H2,1-2H3,(H,20,21). The molecule has 0 saturated heterocycles. The summed E-state index contributed by atoms with van der Waals surface area (Å²) in [7, 11) is 1.50. The summed E-state index contributed by atoms with van der Waals surface area (Å²) in [6.45, 7) is 1.57. The van der Waals surface area contributed by atoms with Crippen molar-refractivity contribution in [2.75, 3.05) is 32.2 Å². The van der Waals surface area contributed by atoms with E-state index in [-0.39, 0.29) is 6.61 Å². The molecule has 0 aliphatic carbocycles. The van der Waals surface area contributed by atoms with E-state index >= 15 is 0 Å². The molecular formula is C19H21NO6. The molecule has 0 spiro atoms. The molecule has 2 rings (SSSR count). The number of esters is 1. The van der Waals surface area contributed by atoms with Gasteiger partial charge in [-0.2, -0.15) is 0 Å². The van der Waals surface area contributed by atoms with Crippen LogP contribution in [-0.2, 0) is 14.3 Å². The summed E-state index contributed by atoms with van der Waals surface area (Å²) in [5.41, 5.74) is 0.515. The quantitative estimate of drug-likeness (QED) is 0.693. The van der Waals surface area contributed by atoms with Crippen molar-refractivity contribution in [1.29, 1.82) is 0 Å². The Morgan fingerprint density at radius 1 is 0.885 bits per heavy atom. The van der Waals surface area contributed by atoms with Crippen molar-refractivity contribution in [1.82, 2.24) is 0 Å². The minimum Gasteiger partial charge on any atom is -0.493 e. The maximum Gasteiger partial charge on any atom is 0.344 e. The summed E-state index contributed by atoms with van der Waals surface area (Å²) >= 11 is 0. The van der Waals surface area contributed by atoms with Gasteiger partial charge in [-0.05, 0) is 31.2 Å². The van der Waals surface area contributed by atoms with Gasteiger partial charge in [-0.3, -0.25) is 4.79 Å². The third kappa shape index (κ3) is 5.70. The topological polar surface area (TPSA) is 83.1 Å². The largest absolute Gasteiger partial charge is 0.493 e. The van der Waals surface area contributed by atoms with Crippen molar-refractivity contribution in [3.8, 4) is 17.2 Å². The van der Waals surface area contributed by atoms with Gasteiger partial charge in [0.05, 0.1) is 19.4 Å². The van der Waals surface area contributed by atoms with Crippen molar-refractivity contribution in [3.05, 3.63) is 48.5 Å². The van der Waals surface area contributed by atoms with E-state index in [0.717, 1.165) is 0 Å². The van der Waals surface area contributed by atoms with E-state index in [4.69, 9.17) is 18.9 Å². The van der Waals surface area contributed by atoms with Crippen molar-refractivity contribution in [2.45, 2.75) is 6.92 Å². The second kappa shape index (κ2) is 9.93. The highest BCUT2D eigenvalue weighted by molar-refractivity contribution is 5.94. The van der Waals surface area contributed by atoms with Crippen LogP contribution in [-0.4, -0.2) is 38.8 Å². The van der Waals surface area contributed by atoms with Crippen molar-refractivity contribution in [2.24, 2.45) is 0 Å². The van der Waals surface area contributed by atoms with Gasteiger partial charge in [-0.25, -0.2) is 4.79 Å². The molecule has 0 fully saturated rings. The molecule has 0 bridgehead atoms. The predicted octanol–water partition coefficient (Wildman–Crippen LogP) is 2.65. The van der Waals surface area contributed by atoms with E-state index in [2.05, 4.69) is 5.32 Å². The van der Waals surface area contributed by atoms with E-state index in [1.54, 1.807) is 48.5 Å². The highest BCUT2D eigenvalue weighted by Gasteiger charge is 2.12. The van der Waals surface area contributed by atoms with E-state index in [1.165, 1.54) is 7.11 Å². The van der Waals surface area contributed by atoms with Gasteiger partial charge < -0.3 is 24.3 Å². The summed E-state index contributed by atoms with van der Waals surface area (Å²) in [6, 6.07) is 13.9.